The van der Waals surface area contributed by atoms with Gasteiger partial charge in [-0.3, -0.25) is 9.89 Å². The normalized spacial score (nSPS) is 17.2. The highest BCUT2D eigenvalue weighted by Crippen LogP contribution is 2.23. The summed E-state index contributed by atoms with van der Waals surface area (Å²) in [6.07, 6.45) is 1.68. The second-order valence-electron chi connectivity index (χ2n) is 5.79. The van der Waals surface area contributed by atoms with Crippen LogP contribution in [0.4, 0.5) is 10.2 Å². The fraction of sp³-hybridized carbons (Fsp3) is 0.333. The molecule has 6 nitrogen and oxygen atoms in total. The average molecular weight is 343 g/mol. The number of rotatable bonds is 5. The molecule has 1 aliphatic rings. The summed E-state index contributed by atoms with van der Waals surface area (Å²) in [4.78, 5) is 10.8. The topological polar surface area (TPSA) is 75.8 Å². The molecule has 2 heterocycles. The third-order valence-corrected chi connectivity index (χ3v) is 4.08. The number of ether oxygens (including phenoxy) is 1. The van der Waals surface area contributed by atoms with Crippen LogP contribution in [0, 0.1) is 5.82 Å². The molecule has 132 valence electrons. The summed E-state index contributed by atoms with van der Waals surface area (Å²) in [7, 11) is 0. The molecular weight excluding hydrogens is 321 g/mol. The van der Waals surface area contributed by atoms with Gasteiger partial charge in [0.2, 0.25) is 0 Å². The van der Waals surface area contributed by atoms with Crippen LogP contribution in [-0.2, 0) is 4.74 Å². The molecule has 0 spiro atoms. The summed E-state index contributed by atoms with van der Waals surface area (Å²) >= 11 is 0. The molecule has 0 aliphatic carbocycles. The number of nitrogens with one attached hydrogen (secondary N) is 1. The monoisotopic (exact) mass is 343 g/mol. The predicted molar refractivity (Wildman–Crippen MR) is 95.9 cm³/mol. The van der Waals surface area contributed by atoms with Gasteiger partial charge in [0.15, 0.2) is 5.96 Å². The third-order valence-electron chi connectivity index (χ3n) is 4.08. The maximum Gasteiger partial charge on any atom is 0.194 e. The van der Waals surface area contributed by atoms with Crippen molar-refractivity contribution in [2.45, 2.75) is 6.04 Å². The van der Waals surface area contributed by atoms with E-state index in [4.69, 9.17) is 10.5 Å². The number of nitrogens with two attached hydrogens (primary N) is 1. The van der Waals surface area contributed by atoms with E-state index < -0.39 is 0 Å². The molecule has 0 amide bonds. The molecule has 25 heavy (non-hydrogen) atoms. The maximum atomic E-state index is 13.7. The van der Waals surface area contributed by atoms with E-state index in [1.165, 1.54) is 6.07 Å². The van der Waals surface area contributed by atoms with Crippen molar-refractivity contribution in [1.29, 1.82) is 0 Å². The molecular formula is C18H22FN5O. The van der Waals surface area contributed by atoms with Crippen LogP contribution >= 0.6 is 0 Å². The van der Waals surface area contributed by atoms with Crippen LogP contribution < -0.4 is 11.1 Å². The first kappa shape index (κ1) is 17.3. The Balaban J connectivity index is 1.73. The minimum Gasteiger partial charge on any atom is -0.379 e. The number of hydrogen-bond donors (Lipinski definition) is 2. The lowest BCUT2D eigenvalue weighted by molar-refractivity contribution is 0.0179. The number of halogens is 1. The van der Waals surface area contributed by atoms with Gasteiger partial charge >= 0.3 is 0 Å². The zero-order chi connectivity index (χ0) is 17.5. The second kappa shape index (κ2) is 8.55. The molecule has 7 heteroatoms. The van der Waals surface area contributed by atoms with Gasteiger partial charge in [-0.05, 0) is 29.8 Å². The Morgan fingerprint density at radius 3 is 2.84 bits per heavy atom. The van der Waals surface area contributed by atoms with Gasteiger partial charge in [0.25, 0.3) is 0 Å². The molecule has 1 aromatic heterocycles. The number of nitrogens with zero attached hydrogens (tertiary/aromatic N) is 3. The van der Waals surface area contributed by atoms with E-state index in [1.807, 2.05) is 24.3 Å². The Hall–Kier alpha value is -2.51. The molecule has 1 fully saturated rings. The van der Waals surface area contributed by atoms with Crippen molar-refractivity contribution in [2.75, 3.05) is 38.2 Å². The summed E-state index contributed by atoms with van der Waals surface area (Å²) in [5.74, 6) is 0.671. The van der Waals surface area contributed by atoms with Crippen LogP contribution in [0.25, 0.3) is 0 Å². The smallest absolute Gasteiger partial charge is 0.194 e. The van der Waals surface area contributed by atoms with Crippen molar-refractivity contribution in [3.63, 3.8) is 0 Å². The van der Waals surface area contributed by atoms with Crippen LogP contribution in [0.15, 0.2) is 53.7 Å². The number of pyridine rings is 1. The number of hydrogen-bond acceptors (Lipinski definition) is 4. The lowest BCUT2D eigenvalue weighted by Crippen LogP contribution is -2.40. The van der Waals surface area contributed by atoms with E-state index in [0.29, 0.717) is 25.6 Å². The SMILES string of the molecule is NC(=NCC(c1cccc(F)c1)N1CCOCC1)Nc1ccccn1. The average Bonchev–Trinajstić information content (AvgIpc) is 2.64. The molecule has 1 aromatic carbocycles. The van der Waals surface area contributed by atoms with Gasteiger partial charge in [-0.25, -0.2) is 9.37 Å². The van der Waals surface area contributed by atoms with E-state index in [0.717, 1.165) is 18.7 Å². The highest BCUT2D eigenvalue weighted by Gasteiger charge is 2.22. The Kier molecular flexibility index (Phi) is 5.92. The number of anilines is 1. The van der Waals surface area contributed by atoms with Gasteiger partial charge in [0.1, 0.15) is 11.6 Å². The first-order chi connectivity index (χ1) is 12.2. The molecule has 0 radical (unpaired) electrons. The summed E-state index contributed by atoms with van der Waals surface area (Å²) in [5.41, 5.74) is 6.86. The van der Waals surface area contributed by atoms with Gasteiger partial charge in [-0.15, -0.1) is 0 Å². The van der Waals surface area contributed by atoms with Crippen LogP contribution in [0.5, 0.6) is 0 Å². The van der Waals surface area contributed by atoms with E-state index in [1.54, 1.807) is 18.3 Å². The second-order valence-corrected chi connectivity index (χ2v) is 5.79. The first-order valence-electron chi connectivity index (χ1n) is 8.27. The van der Waals surface area contributed by atoms with Crippen molar-refractivity contribution in [3.05, 3.63) is 60.0 Å². The Morgan fingerprint density at radius 1 is 1.28 bits per heavy atom. The molecule has 3 N–H and O–H groups in total. The molecule has 3 rings (SSSR count). The molecule has 1 atom stereocenters. The predicted octanol–water partition coefficient (Wildman–Crippen LogP) is 2.02. The van der Waals surface area contributed by atoms with E-state index >= 15 is 0 Å². The van der Waals surface area contributed by atoms with Gasteiger partial charge in [0, 0.05) is 19.3 Å². The maximum absolute atomic E-state index is 13.7. The highest BCUT2D eigenvalue weighted by molar-refractivity contribution is 5.91. The summed E-state index contributed by atoms with van der Waals surface area (Å²) in [6, 6.07) is 12.1. The fourth-order valence-electron chi connectivity index (χ4n) is 2.83. The minimum atomic E-state index is -0.251. The van der Waals surface area contributed by atoms with E-state index in [2.05, 4.69) is 20.2 Å². The van der Waals surface area contributed by atoms with Crippen molar-refractivity contribution in [3.8, 4) is 0 Å². The third kappa shape index (κ3) is 4.98. The number of aliphatic imine (C=N–C) groups is 1. The van der Waals surface area contributed by atoms with E-state index in [-0.39, 0.29) is 17.8 Å². The Labute approximate surface area is 146 Å². The molecule has 0 saturated carbocycles. The standard InChI is InChI=1S/C18H22FN5O/c19-15-5-3-4-14(12-15)16(24-8-10-25-11-9-24)13-22-18(20)23-17-6-1-2-7-21-17/h1-7,12,16H,8-11,13H2,(H3,20,21,22,23). The molecule has 1 aliphatic heterocycles. The highest BCUT2D eigenvalue weighted by atomic mass is 19.1. The van der Waals surface area contributed by atoms with Crippen LogP contribution in [0.2, 0.25) is 0 Å². The molecule has 2 aromatic rings. The summed E-state index contributed by atoms with van der Waals surface area (Å²) in [5, 5.41) is 2.96. The first-order valence-corrected chi connectivity index (χ1v) is 8.27. The number of aromatic nitrogens is 1. The number of guanidine groups is 1. The number of benzene rings is 1. The zero-order valence-corrected chi connectivity index (χ0v) is 13.9. The minimum absolute atomic E-state index is 0.0521. The van der Waals surface area contributed by atoms with E-state index in [9.17, 15) is 4.39 Å². The van der Waals surface area contributed by atoms with Crippen molar-refractivity contribution >= 4 is 11.8 Å². The van der Waals surface area contributed by atoms with Crippen molar-refractivity contribution in [1.82, 2.24) is 9.88 Å². The van der Waals surface area contributed by atoms with Gasteiger partial charge < -0.3 is 15.8 Å². The van der Waals surface area contributed by atoms with Gasteiger partial charge in [-0.1, -0.05) is 18.2 Å². The molecule has 0 bridgehead atoms. The number of morpholine rings is 1. The van der Waals surface area contributed by atoms with Crippen LogP contribution in [0.3, 0.4) is 0 Å². The van der Waals surface area contributed by atoms with Gasteiger partial charge in [-0.2, -0.15) is 0 Å². The summed E-state index contributed by atoms with van der Waals surface area (Å²) in [6.45, 7) is 3.32. The van der Waals surface area contributed by atoms with Crippen LogP contribution in [0.1, 0.15) is 11.6 Å². The quantitative estimate of drug-likeness (QED) is 0.642. The largest absolute Gasteiger partial charge is 0.379 e. The Bertz CT molecular complexity index is 704. The Morgan fingerprint density at radius 2 is 2.12 bits per heavy atom. The fourth-order valence-corrected chi connectivity index (χ4v) is 2.83. The van der Waals surface area contributed by atoms with Gasteiger partial charge in [0.05, 0.1) is 25.8 Å². The lowest BCUT2D eigenvalue weighted by Gasteiger charge is -2.34. The van der Waals surface area contributed by atoms with Crippen molar-refractivity contribution < 1.29 is 9.13 Å². The van der Waals surface area contributed by atoms with Crippen molar-refractivity contribution in [2.24, 2.45) is 10.7 Å². The van der Waals surface area contributed by atoms with Crippen LogP contribution in [-0.4, -0.2) is 48.7 Å². The molecule has 1 unspecified atom stereocenters. The lowest BCUT2D eigenvalue weighted by atomic mass is 10.0. The zero-order valence-electron chi connectivity index (χ0n) is 13.9. The molecule has 1 saturated heterocycles. The summed E-state index contributed by atoms with van der Waals surface area (Å²) < 4.78 is 19.1.